The molecule has 1 aromatic heterocycles. The molecule has 0 radical (unpaired) electrons. The number of rotatable bonds is 2. The van der Waals surface area contributed by atoms with Crippen molar-refractivity contribution in [1.82, 2.24) is 4.98 Å². The zero-order chi connectivity index (χ0) is 10.4. The van der Waals surface area contributed by atoms with Crippen LogP contribution in [0.3, 0.4) is 0 Å². The van der Waals surface area contributed by atoms with Crippen molar-refractivity contribution in [3.63, 3.8) is 0 Å². The average molecular weight is 191 g/mol. The van der Waals surface area contributed by atoms with Crippen molar-refractivity contribution in [2.24, 2.45) is 5.73 Å². The summed E-state index contributed by atoms with van der Waals surface area (Å²) < 4.78 is 4.92. The Morgan fingerprint density at radius 3 is 2.93 bits per heavy atom. The number of nitrogens with two attached hydrogens (primary N) is 2. The number of nitrogen functional groups attached to an aromatic ring is 1. The first-order chi connectivity index (χ1) is 6.77. The molecule has 74 valence electrons. The third kappa shape index (κ3) is 2.64. The molecular formula is C10H13N3O. The summed E-state index contributed by atoms with van der Waals surface area (Å²) in [4.78, 5) is 3.99. The van der Waals surface area contributed by atoms with Gasteiger partial charge in [0, 0.05) is 24.7 Å². The van der Waals surface area contributed by atoms with Crippen LogP contribution in [0.4, 0.5) is 5.69 Å². The molecule has 1 rings (SSSR count). The van der Waals surface area contributed by atoms with Gasteiger partial charge in [-0.3, -0.25) is 0 Å². The van der Waals surface area contributed by atoms with E-state index < -0.39 is 0 Å². The number of ether oxygens (including phenoxy) is 1. The third-order valence-electron chi connectivity index (χ3n) is 1.57. The Hall–Kier alpha value is -1.73. The minimum Gasteiger partial charge on any atom is -0.480 e. The summed E-state index contributed by atoms with van der Waals surface area (Å²) >= 11 is 0. The van der Waals surface area contributed by atoms with Gasteiger partial charge in [-0.25, -0.2) is 4.98 Å². The fraction of sp³-hybridized carbons (Fsp3) is 0.300. The highest BCUT2D eigenvalue weighted by Gasteiger charge is 1.99. The molecule has 4 N–H and O–H groups in total. The van der Waals surface area contributed by atoms with Gasteiger partial charge in [0.15, 0.2) is 0 Å². The Bertz CT molecular complexity index is 365. The van der Waals surface area contributed by atoms with Gasteiger partial charge in [-0.1, -0.05) is 11.8 Å². The predicted molar refractivity (Wildman–Crippen MR) is 55.8 cm³/mol. The molecule has 0 unspecified atom stereocenters. The van der Waals surface area contributed by atoms with Gasteiger partial charge in [0.25, 0.3) is 0 Å². The maximum Gasteiger partial charge on any atom is 0.236 e. The van der Waals surface area contributed by atoms with Crippen molar-refractivity contribution < 1.29 is 4.74 Å². The van der Waals surface area contributed by atoms with E-state index in [2.05, 4.69) is 16.8 Å². The zero-order valence-corrected chi connectivity index (χ0v) is 8.08. The Kier molecular flexibility index (Phi) is 3.77. The lowest BCUT2D eigenvalue weighted by Crippen LogP contribution is -1.96. The molecule has 1 aromatic rings. The van der Waals surface area contributed by atoms with Crippen LogP contribution in [0.25, 0.3) is 0 Å². The van der Waals surface area contributed by atoms with E-state index in [9.17, 15) is 0 Å². The first-order valence-electron chi connectivity index (χ1n) is 4.26. The molecule has 14 heavy (non-hydrogen) atoms. The average Bonchev–Trinajstić information content (AvgIpc) is 2.18. The van der Waals surface area contributed by atoms with Gasteiger partial charge in [0.2, 0.25) is 5.88 Å². The number of hydrogen-bond acceptors (Lipinski definition) is 4. The van der Waals surface area contributed by atoms with Crippen LogP contribution < -0.4 is 16.2 Å². The van der Waals surface area contributed by atoms with Crippen LogP contribution in [0.5, 0.6) is 5.88 Å². The molecule has 0 saturated carbocycles. The highest BCUT2D eigenvalue weighted by molar-refractivity contribution is 5.52. The Morgan fingerprint density at radius 1 is 1.57 bits per heavy atom. The van der Waals surface area contributed by atoms with Crippen LogP contribution in [0.15, 0.2) is 12.3 Å². The highest BCUT2D eigenvalue weighted by atomic mass is 16.5. The van der Waals surface area contributed by atoms with Crippen molar-refractivity contribution in [3.8, 4) is 17.7 Å². The number of pyridine rings is 1. The topological polar surface area (TPSA) is 74.2 Å². The Morgan fingerprint density at radius 2 is 2.36 bits per heavy atom. The predicted octanol–water partition coefficient (Wildman–Crippen LogP) is 0.373. The summed E-state index contributed by atoms with van der Waals surface area (Å²) in [5, 5.41) is 0. The van der Waals surface area contributed by atoms with Crippen molar-refractivity contribution in [3.05, 3.63) is 17.8 Å². The van der Waals surface area contributed by atoms with Crippen molar-refractivity contribution in [2.75, 3.05) is 19.4 Å². The fourth-order valence-electron chi connectivity index (χ4n) is 0.945. The van der Waals surface area contributed by atoms with Gasteiger partial charge < -0.3 is 16.2 Å². The summed E-state index contributed by atoms with van der Waals surface area (Å²) in [6.45, 7) is 0.562. The summed E-state index contributed by atoms with van der Waals surface area (Å²) in [6.07, 6.45) is 2.30. The first kappa shape index (κ1) is 10.4. The maximum absolute atomic E-state index is 5.66. The standard InChI is InChI=1S/C10H13N3O/c1-14-10-9(12)6-8(7-13-10)4-2-3-5-11/h6-7H,3,5,11-12H2,1H3. The smallest absolute Gasteiger partial charge is 0.236 e. The molecule has 4 nitrogen and oxygen atoms in total. The molecule has 0 bridgehead atoms. The molecule has 0 amide bonds. The quantitative estimate of drug-likeness (QED) is 0.662. The molecule has 0 aliphatic carbocycles. The molecule has 0 fully saturated rings. The Balaban J connectivity index is 2.82. The number of hydrogen-bond donors (Lipinski definition) is 2. The number of aromatic nitrogens is 1. The number of anilines is 1. The lowest BCUT2D eigenvalue weighted by Gasteiger charge is -2.01. The second-order valence-electron chi connectivity index (χ2n) is 2.66. The van der Waals surface area contributed by atoms with E-state index in [-0.39, 0.29) is 0 Å². The summed E-state index contributed by atoms with van der Waals surface area (Å²) in [6, 6.07) is 1.73. The van der Waals surface area contributed by atoms with E-state index in [0.717, 1.165) is 5.56 Å². The molecule has 0 aromatic carbocycles. The highest BCUT2D eigenvalue weighted by Crippen LogP contribution is 2.17. The van der Waals surface area contributed by atoms with Gasteiger partial charge in [-0.05, 0) is 6.07 Å². The lowest BCUT2D eigenvalue weighted by molar-refractivity contribution is 0.400. The lowest BCUT2D eigenvalue weighted by atomic mass is 10.2. The summed E-state index contributed by atoms with van der Waals surface area (Å²) in [5.41, 5.74) is 12.2. The first-order valence-corrected chi connectivity index (χ1v) is 4.26. The molecule has 0 aliphatic heterocycles. The molecule has 0 spiro atoms. The molecule has 1 heterocycles. The van der Waals surface area contributed by atoms with Crippen LogP contribution in [0.2, 0.25) is 0 Å². The van der Waals surface area contributed by atoms with Gasteiger partial charge in [-0.15, -0.1) is 0 Å². The second-order valence-corrected chi connectivity index (χ2v) is 2.66. The van der Waals surface area contributed by atoms with Gasteiger partial charge in [0.1, 0.15) is 0 Å². The van der Waals surface area contributed by atoms with Crippen LogP contribution in [0, 0.1) is 11.8 Å². The minimum atomic E-state index is 0.425. The molecule has 0 atom stereocenters. The summed E-state index contributed by atoms with van der Waals surface area (Å²) in [7, 11) is 1.53. The van der Waals surface area contributed by atoms with Crippen molar-refractivity contribution >= 4 is 5.69 Å². The largest absolute Gasteiger partial charge is 0.480 e. The second kappa shape index (κ2) is 5.10. The number of methoxy groups -OCH3 is 1. The van der Waals surface area contributed by atoms with Crippen molar-refractivity contribution in [2.45, 2.75) is 6.42 Å². The SMILES string of the molecule is COc1ncc(C#CCCN)cc1N. The van der Waals surface area contributed by atoms with Gasteiger partial charge >= 0.3 is 0 Å². The van der Waals surface area contributed by atoms with Crippen molar-refractivity contribution in [1.29, 1.82) is 0 Å². The zero-order valence-electron chi connectivity index (χ0n) is 8.08. The van der Waals surface area contributed by atoms with Crippen LogP contribution in [-0.2, 0) is 0 Å². The van der Waals surface area contributed by atoms with E-state index in [1.165, 1.54) is 7.11 Å². The van der Waals surface area contributed by atoms with Crippen LogP contribution >= 0.6 is 0 Å². The van der Waals surface area contributed by atoms with E-state index in [1.807, 2.05) is 0 Å². The fourth-order valence-corrected chi connectivity index (χ4v) is 0.945. The minimum absolute atomic E-state index is 0.425. The molecular weight excluding hydrogens is 178 g/mol. The molecule has 0 saturated heterocycles. The van der Waals surface area contributed by atoms with E-state index in [4.69, 9.17) is 16.2 Å². The third-order valence-corrected chi connectivity index (χ3v) is 1.57. The van der Waals surface area contributed by atoms with Crippen LogP contribution in [-0.4, -0.2) is 18.6 Å². The van der Waals surface area contributed by atoms with Crippen LogP contribution in [0.1, 0.15) is 12.0 Å². The Labute approximate surface area is 83.3 Å². The normalized spacial score (nSPS) is 9.00. The maximum atomic E-state index is 5.66. The summed E-state index contributed by atoms with van der Waals surface area (Å²) in [5.74, 6) is 6.24. The van der Waals surface area contributed by atoms with Gasteiger partial charge in [0.05, 0.1) is 12.8 Å². The van der Waals surface area contributed by atoms with E-state index >= 15 is 0 Å². The molecule has 4 heteroatoms. The monoisotopic (exact) mass is 191 g/mol. The molecule has 0 aliphatic rings. The van der Waals surface area contributed by atoms with E-state index in [0.29, 0.717) is 24.5 Å². The number of nitrogens with zero attached hydrogens (tertiary/aromatic N) is 1. The van der Waals surface area contributed by atoms with E-state index in [1.54, 1.807) is 12.3 Å². The van der Waals surface area contributed by atoms with Gasteiger partial charge in [-0.2, -0.15) is 0 Å².